The largest absolute Gasteiger partial charge is 0.463 e. The monoisotopic (exact) mass is 269 g/mol. The maximum absolute atomic E-state index is 11.4. The summed E-state index contributed by atoms with van der Waals surface area (Å²) in [5.74, 6) is -0.472. The van der Waals surface area contributed by atoms with Crippen LogP contribution in [0.25, 0.3) is 6.08 Å². The Bertz CT molecular complexity index is 511. The highest BCUT2D eigenvalue weighted by molar-refractivity contribution is 6.32. The van der Waals surface area contributed by atoms with E-state index in [0.29, 0.717) is 16.2 Å². The van der Waals surface area contributed by atoms with Gasteiger partial charge in [0.25, 0.3) is 5.69 Å². The maximum Gasteiger partial charge on any atom is 0.333 e. The van der Waals surface area contributed by atoms with Gasteiger partial charge in [0.05, 0.1) is 11.5 Å². The summed E-state index contributed by atoms with van der Waals surface area (Å²) in [7, 11) is 0. The molecule has 0 heterocycles. The minimum Gasteiger partial charge on any atom is -0.463 e. The van der Waals surface area contributed by atoms with E-state index in [0.717, 1.165) is 0 Å². The molecule has 0 aromatic heterocycles. The molecule has 0 spiro atoms. The third kappa shape index (κ3) is 3.56. The van der Waals surface area contributed by atoms with Crippen LogP contribution in [0.1, 0.15) is 19.4 Å². The number of carbonyl (C=O) groups excluding carboxylic acids is 1. The van der Waals surface area contributed by atoms with Gasteiger partial charge in [-0.1, -0.05) is 11.6 Å². The topological polar surface area (TPSA) is 69.4 Å². The van der Waals surface area contributed by atoms with Gasteiger partial charge in [-0.3, -0.25) is 10.1 Å². The van der Waals surface area contributed by atoms with Gasteiger partial charge in [-0.05, 0) is 26.0 Å². The Labute approximate surface area is 109 Å². The lowest BCUT2D eigenvalue weighted by Gasteiger charge is -2.03. The minimum atomic E-state index is -0.520. The molecule has 0 N–H and O–H groups in total. The van der Waals surface area contributed by atoms with Gasteiger partial charge in [0.1, 0.15) is 0 Å². The predicted molar refractivity (Wildman–Crippen MR) is 68.4 cm³/mol. The third-order valence-electron chi connectivity index (χ3n) is 2.16. The molecule has 0 bridgehead atoms. The first-order valence-electron chi connectivity index (χ1n) is 5.25. The van der Waals surface area contributed by atoms with Gasteiger partial charge in [-0.25, -0.2) is 4.79 Å². The molecule has 5 nitrogen and oxygen atoms in total. The molecule has 6 heteroatoms. The molecule has 0 amide bonds. The van der Waals surface area contributed by atoms with Crippen LogP contribution in [0.4, 0.5) is 5.69 Å². The number of nitro groups is 1. The molecule has 0 saturated carbocycles. The van der Waals surface area contributed by atoms with Crippen LogP contribution in [0.3, 0.4) is 0 Å². The smallest absolute Gasteiger partial charge is 0.333 e. The Morgan fingerprint density at radius 3 is 2.78 bits per heavy atom. The third-order valence-corrected chi connectivity index (χ3v) is 2.50. The molecule has 1 rings (SSSR count). The lowest BCUT2D eigenvalue weighted by atomic mass is 10.1. The Morgan fingerprint density at radius 2 is 2.22 bits per heavy atom. The van der Waals surface area contributed by atoms with E-state index < -0.39 is 10.9 Å². The van der Waals surface area contributed by atoms with Crippen molar-refractivity contribution >= 4 is 29.3 Å². The van der Waals surface area contributed by atoms with Gasteiger partial charge in [0, 0.05) is 28.3 Å². The number of ether oxygens (including phenoxy) is 1. The molecule has 0 aliphatic rings. The van der Waals surface area contributed by atoms with Crippen molar-refractivity contribution in [1.82, 2.24) is 0 Å². The van der Waals surface area contributed by atoms with Crippen LogP contribution < -0.4 is 0 Å². The summed E-state index contributed by atoms with van der Waals surface area (Å²) in [5.41, 5.74) is 0.665. The molecule has 18 heavy (non-hydrogen) atoms. The highest BCUT2D eigenvalue weighted by Crippen LogP contribution is 2.24. The van der Waals surface area contributed by atoms with Crippen LogP contribution in [0.15, 0.2) is 23.8 Å². The van der Waals surface area contributed by atoms with Gasteiger partial charge in [-0.15, -0.1) is 0 Å². The number of benzene rings is 1. The molecular formula is C12H12ClNO4. The van der Waals surface area contributed by atoms with E-state index in [4.69, 9.17) is 16.3 Å². The molecule has 0 radical (unpaired) electrons. The first-order chi connectivity index (χ1) is 8.45. The first kappa shape index (κ1) is 14.2. The van der Waals surface area contributed by atoms with Crippen LogP contribution in [-0.4, -0.2) is 17.5 Å². The van der Waals surface area contributed by atoms with Crippen molar-refractivity contribution in [2.45, 2.75) is 13.8 Å². The van der Waals surface area contributed by atoms with E-state index in [1.165, 1.54) is 24.3 Å². The number of carbonyl (C=O) groups is 1. The van der Waals surface area contributed by atoms with Gasteiger partial charge in [-0.2, -0.15) is 0 Å². The fraction of sp³-hybridized carbons (Fsp3) is 0.250. The summed E-state index contributed by atoms with van der Waals surface area (Å²) in [6, 6.07) is 4.04. The van der Waals surface area contributed by atoms with E-state index >= 15 is 0 Å². The number of nitro benzene ring substituents is 1. The van der Waals surface area contributed by atoms with Crippen molar-refractivity contribution in [2.24, 2.45) is 0 Å². The molecule has 0 aliphatic carbocycles. The van der Waals surface area contributed by atoms with Crippen LogP contribution in [-0.2, 0) is 9.53 Å². The number of hydrogen-bond donors (Lipinski definition) is 0. The average Bonchev–Trinajstić information content (AvgIpc) is 2.31. The zero-order valence-corrected chi connectivity index (χ0v) is 10.7. The van der Waals surface area contributed by atoms with Crippen molar-refractivity contribution < 1.29 is 14.5 Å². The van der Waals surface area contributed by atoms with Crippen molar-refractivity contribution in [3.63, 3.8) is 0 Å². The lowest BCUT2D eigenvalue weighted by molar-refractivity contribution is -0.384. The van der Waals surface area contributed by atoms with E-state index in [-0.39, 0.29) is 12.3 Å². The number of nitrogens with zero attached hydrogens (tertiary/aromatic N) is 1. The summed E-state index contributed by atoms with van der Waals surface area (Å²) in [6.45, 7) is 3.53. The van der Waals surface area contributed by atoms with Crippen LogP contribution >= 0.6 is 11.6 Å². The Hall–Kier alpha value is -1.88. The van der Waals surface area contributed by atoms with E-state index in [1.54, 1.807) is 13.8 Å². The summed E-state index contributed by atoms with van der Waals surface area (Å²) >= 11 is 5.91. The summed E-state index contributed by atoms with van der Waals surface area (Å²) in [4.78, 5) is 21.5. The number of halogens is 1. The highest BCUT2D eigenvalue weighted by Gasteiger charge is 2.10. The molecule has 1 aromatic carbocycles. The zero-order chi connectivity index (χ0) is 13.7. The molecule has 0 fully saturated rings. The van der Waals surface area contributed by atoms with Crippen molar-refractivity contribution in [3.05, 3.63) is 44.5 Å². The van der Waals surface area contributed by atoms with Crippen LogP contribution in [0.2, 0.25) is 5.02 Å². The van der Waals surface area contributed by atoms with Gasteiger partial charge in [0.15, 0.2) is 0 Å². The van der Waals surface area contributed by atoms with Crippen LogP contribution in [0.5, 0.6) is 0 Å². The second-order valence-corrected chi connectivity index (χ2v) is 3.92. The molecule has 0 saturated heterocycles. The normalized spacial score (nSPS) is 11.2. The maximum atomic E-state index is 11.4. The second-order valence-electron chi connectivity index (χ2n) is 3.51. The second kappa shape index (κ2) is 6.16. The van der Waals surface area contributed by atoms with Gasteiger partial charge in [0.2, 0.25) is 0 Å². The zero-order valence-electron chi connectivity index (χ0n) is 9.97. The summed E-state index contributed by atoms with van der Waals surface area (Å²) < 4.78 is 4.81. The lowest BCUT2D eigenvalue weighted by Crippen LogP contribution is -2.04. The summed E-state index contributed by atoms with van der Waals surface area (Å²) in [5, 5.41) is 11.0. The number of esters is 1. The van der Waals surface area contributed by atoms with Crippen molar-refractivity contribution in [2.75, 3.05) is 6.61 Å². The molecule has 0 unspecified atom stereocenters. The minimum absolute atomic E-state index is 0.0812. The molecular weight excluding hydrogens is 258 g/mol. The predicted octanol–water partition coefficient (Wildman–Crippen LogP) is 3.21. The Morgan fingerprint density at radius 1 is 1.56 bits per heavy atom. The standard InChI is InChI=1S/C12H12ClNO4/c1-3-18-12(15)8(2)6-9-7-10(14(16)17)4-5-11(9)13/h4-7H,3H2,1-2H3/b8-6+. The van der Waals surface area contributed by atoms with Crippen LogP contribution in [0, 0.1) is 10.1 Å². The van der Waals surface area contributed by atoms with Crippen molar-refractivity contribution in [3.8, 4) is 0 Å². The van der Waals surface area contributed by atoms with Gasteiger partial charge < -0.3 is 4.74 Å². The van der Waals surface area contributed by atoms with E-state index in [2.05, 4.69) is 0 Å². The summed E-state index contributed by atoms with van der Waals surface area (Å²) in [6.07, 6.45) is 1.47. The number of non-ortho nitro benzene ring substituents is 1. The average molecular weight is 270 g/mol. The Balaban J connectivity index is 3.09. The number of hydrogen-bond acceptors (Lipinski definition) is 4. The van der Waals surface area contributed by atoms with Crippen molar-refractivity contribution in [1.29, 1.82) is 0 Å². The molecule has 0 atom stereocenters. The molecule has 96 valence electrons. The highest BCUT2D eigenvalue weighted by atomic mass is 35.5. The SMILES string of the molecule is CCOC(=O)/C(C)=C/c1cc([N+](=O)[O-])ccc1Cl. The van der Waals surface area contributed by atoms with E-state index in [1.807, 2.05) is 0 Å². The van der Waals surface area contributed by atoms with E-state index in [9.17, 15) is 14.9 Å². The Kier molecular flexibility index (Phi) is 4.85. The van der Waals surface area contributed by atoms with Gasteiger partial charge >= 0.3 is 5.97 Å². The fourth-order valence-corrected chi connectivity index (χ4v) is 1.46. The first-order valence-corrected chi connectivity index (χ1v) is 5.63. The number of rotatable bonds is 4. The molecule has 1 aromatic rings. The fourth-order valence-electron chi connectivity index (χ4n) is 1.29. The molecule has 0 aliphatic heterocycles. The quantitative estimate of drug-likeness (QED) is 0.364.